The number of rotatable bonds is 5. The van der Waals surface area contributed by atoms with Crippen molar-refractivity contribution in [3.63, 3.8) is 0 Å². The molecule has 0 aliphatic carbocycles. The van der Waals surface area contributed by atoms with Crippen LogP contribution < -0.4 is 9.47 Å². The van der Waals surface area contributed by atoms with Crippen LogP contribution in [0.4, 0.5) is 0 Å². The largest absolute Gasteiger partial charge is 0.486 e. The van der Waals surface area contributed by atoms with Gasteiger partial charge in [0.15, 0.2) is 11.5 Å². The van der Waals surface area contributed by atoms with Gasteiger partial charge in [-0.3, -0.25) is 4.79 Å². The van der Waals surface area contributed by atoms with E-state index in [-0.39, 0.29) is 5.97 Å². The summed E-state index contributed by atoms with van der Waals surface area (Å²) in [5, 5.41) is 10.8. The average molecular weight is 294 g/mol. The van der Waals surface area contributed by atoms with E-state index in [1.807, 2.05) is 6.92 Å². The van der Waals surface area contributed by atoms with Gasteiger partial charge in [-0.25, -0.2) is 0 Å². The second kappa shape index (κ2) is 6.35. The zero-order chi connectivity index (χ0) is 15.5. The van der Waals surface area contributed by atoms with Gasteiger partial charge in [-0.1, -0.05) is 13.0 Å². The van der Waals surface area contributed by atoms with Crippen molar-refractivity contribution in [1.29, 1.82) is 0 Å². The van der Waals surface area contributed by atoms with Crippen LogP contribution in [0.3, 0.4) is 0 Å². The Hall–Kier alpha value is -1.75. The Morgan fingerprint density at radius 3 is 2.62 bits per heavy atom. The minimum Gasteiger partial charge on any atom is -0.486 e. The van der Waals surface area contributed by atoms with E-state index in [9.17, 15) is 9.90 Å². The first-order chi connectivity index (χ1) is 10.0. The molecule has 0 fully saturated rings. The maximum Gasteiger partial charge on any atom is 0.312 e. The molecule has 0 amide bonds. The van der Waals surface area contributed by atoms with E-state index in [0.717, 1.165) is 0 Å². The molecule has 21 heavy (non-hydrogen) atoms. The lowest BCUT2D eigenvalue weighted by molar-refractivity contribution is -0.158. The fraction of sp³-hybridized carbons (Fsp3) is 0.562. The van der Waals surface area contributed by atoms with E-state index in [1.54, 1.807) is 32.0 Å². The maximum absolute atomic E-state index is 12.0. The van der Waals surface area contributed by atoms with Crippen LogP contribution in [-0.2, 0) is 15.1 Å². The predicted molar refractivity (Wildman–Crippen MR) is 77.4 cm³/mol. The lowest BCUT2D eigenvalue weighted by atomic mass is 9.81. The third-order valence-corrected chi connectivity index (χ3v) is 3.78. The van der Waals surface area contributed by atoms with Gasteiger partial charge < -0.3 is 19.3 Å². The molecule has 0 bridgehead atoms. The first-order valence-corrected chi connectivity index (χ1v) is 7.29. The first-order valence-electron chi connectivity index (χ1n) is 7.29. The molecule has 2 atom stereocenters. The summed E-state index contributed by atoms with van der Waals surface area (Å²) in [6, 6.07) is 5.25. The molecule has 0 radical (unpaired) electrons. The van der Waals surface area contributed by atoms with Crippen LogP contribution in [0, 0.1) is 5.92 Å². The molecule has 0 aromatic heterocycles. The molecule has 1 aliphatic heterocycles. The molecule has 1 N–H and O–H groups in total. The maximum atomic E-state index is 12.0. The number of carbonyl (C=O) groups excluding carboxylic acids is 1. The smallest absolute Gasteiger partial charge is 0.312 e. The van der Waals surface area contributed by atoms with Gasteiger partial charge in [-0.2, -0.15) is 0 Å². The Morgan fingerprint density at radius 1 is 1.33 bits per heavy atom. The summed E-state index contributed by atoms with van der Waals surface area (Å²) in [4.78, 5) is 12.0. The molecule has 1 heterocycles. The molecule has 0 saturated heterocycles. The van der Waals surface area contributed by atoms with Crippen molar-refractivity contribution in [2.24, 2.45) is 5.92 Å². The highest BCUT2D eigenvalue weighted by Gasteiger charge is 2.39. The number of hydrogen-bond acceptors (Lipinski definition) is 5. The lowest BCUT2D eigenvalue weighted by Crippen LogP contribution is -2.38. The van der Waals surface area contributed by atoms with E-state index < -0.39 is 11.5 Å². The van der Waals surface area contributed by atoms with Gasteiger partial charge in [-0.05, 0) is 38.0 Å². The van der Waals surface area contributed by atoms with Crippen LogP contribution in [0.15, 0.2) is 18.2 Å². The molecule has 1 aromatic rings. The summed E-state index contributed by atoms with van der Waals surface area (Å²) in [5.74, 6) is 0.239. The Bertz CT molecular complexity index is 509. The van der Waals surface area contributed by atoms with Gasteiger partial charge in [0.1, 0.15) is 18.8 Å². The van der Waals surface area contributed by atoms with Gasteiger partial charge >= 0.3 is 5.97 Å². The van der Waals surface area contributed by atoms with Crippen LogP contribution in [0.5, 0.6) is 11.5 Å². The van der Waals surface area contributed by atoms with Crippen molar-refractivity contribution in [3.05, 3.63) is 23.8 Å². The van der Waals surface area contributed by atoms with Crippen LogP contribution >= 0.6 is 0 Å². The van der Waals surface area contributed by atoms with Gasteiger partial charge in [0.2, 0.25) is 0 Å². The normalized spacial score (nSPS) is 17.7. The molecule has 5 nitrogen and oxygen atoms in total. The third kappa shape index (κ3) is 3.13. The number of aliphatic hydroxyl groups is 1. The topological polar surface area (TPSA) is 65.0 Å². The molecule has 5 heteroatoms. The number of fused-ring (bicyclic) bond motifs is 1. The second-order valence-electron chi connectivity index (χ2n) is 5.22. The molecule has 1 aliphatic rings. The molecule has 2 rings (SSSR count). The second-order valence-corrected chi connectivity index (χ2v) is 5.22. The van der Waals surface area contributed by atoms with Crippen molar-refractivity contribution in [2.45, 2.75) is 32.8 Å². The molecule has 0 spiro atoms. The summed E-state index contributed by atoms with van der Waals surface area (Å²) >= 11 is 0. The quantitative estimate of drug-likeness (QED) is 0.844. The monoisotopic (exact) mass is 294 g/mol. The average Bonchev–Trinajstić information content (AvgIpc) is 2.47. The highest BCUT2D eigenvalue weighted by Crippen LogP contribution is 2.38. The summed E-state index contributed by atoms with van der Waals surface area (Å²) in [7, 11) is 0. The van der Waals surface area contributed by atoms with Crippen molar-refractivity contribution < 1.29 is 24.1 Å². The van der Waals surface area contributed by atoms with Crippen molar-refractivity contribution >= 4 is 5.97 Å². The minimum absolute atomic E-state index is 0.298. The van der Waals surface area contributed by atoms with Gasteiger partial charge in [-0.15, -0.1) is 0 Å². The molecule has 1 aromatic carbocycles. The lowest BCUT2D eigenvalue weighted by Gasteiger charge is -2.32. The van der Waals surface area contributed by atoms with Crippen molar-refractivity contribution in [1.82, 2.24) is 0 Å². The number of esters is 1. The SMILES string of the molecule is CCOC(=O)C(CC)C(C)(O)c1ccc2c(c1)OCCO2. The zero-order valence-corrected chi connectivity index (χ0v) is 12.7. The van der Waals surface area contributed by atoms with Crippen molar-refractivity contribution in [3.8, 4) is 11.5 Å². The fourth-order valence-electron chi connectivity index (χ4n) is 2.60. The Balaban J connectivity index is 2.30. The highest BCUT2D eigenvalue weighted by atomic mass is 16.6. The number of benzene rings is 1. The van der Waals surface area contributed by atoms with E-state index in [2.05, 4.69) is 0 Å². The Kier molecular flexibility index (Phi) is 4.73. The third-order valence-electron chi connectivity index (χ3n) is 3.78. The summed E-state index contributed by atoms with van der Waals surface area (Å²) in [6.07, 6.45) is 0.486. The number of hydrogen-bond donors (Lipinski definition) is 1. The summed E-state index contributed by atoms with van der Waals surface area (Å²) in [6.45, 7) is 6.53. The molecular formula is C16H22O5. The first kappa shape index (κ1) is 15.6. The molecular weight excluding hydrogens is 272 g/mol. The Morgan fingerprint density at radius 2 is 2.00 bits per heavy atom. The summed E-state index contributed by atoms with van der Waals surface area (Å²) < 4.78 is 16.1. The van der Waals surface area contributed by atoms with Gasteiger partial charge in [0, 0.05) is 0 Å². The van der Waals surface area contributed by atoms with E-state index in [1.165, 1.54) is 0 Å². The number of ether oxygens (including phenoxy) is 3. The Labute approximate surface area is 124 Å². The fourth-order valence-corrected chi connectivity index (χ4v) is 2.60. The molecule has 2 unspecified atom stereocenters. The summed E-state index contributed by atoms with van der Waals surface area (Å²) in [5.41, 5.74) is -0.705. The van der Waals surface area contributed by atoms with E-state index in [0.29, 0.717) is 43.3 Å². The van der Waals surface area contributed by atoms with E-state index >= 15 is 0 Å². The predicted octanol–water partition coefficient (Wildman–Crippen LogP) is 2.25. The van der Waals surface area contributed by atoms with Gasteiger partial charge in [0.25, 0.3) is 0 Å². The van der Waals surface area contributed by atoms with Crippen molar-refractivity contribution in [2.75, 3.05) is 19.8 Å². The minimum atomic E-state index is -1.32. The molecule has 0 saturated carbocycles. The van der Waals surface area contributed by atoms with Crippen LogP contribution in [0.25, 0.3) is 0 Å². The van der Waals surface area contributed by atoms with Crippen LogP contribution in [-0.4, -0.2) is 30.9 Å². The zero-order valence-electron chi connectivity index (χ0n) is 12.7. The standard InChI is InChI=1S/C16H22O5/c1-4-12(15(17)19-5-2)16(3,18)11-6-7-13-14(10-11)21-9-8-20-13/h6-7,10,12,18H,4-5,8-9H2,1-3H3. The van der Waals surface area contributed by atoms with Crippen LogP contribution in [0.2, 0.25) is 0 Å². The molecule has 116 valence electrons. The van der Waals surface area contributed by atoms with E-state index in [4.69, 9.17) is 14.2 Å². The number of carbonyl (C=O) groups is 1. The van der Waals surface area contributed by atoms with Crippen LogP contribution in [0.1, 0.15) is 32.8 Å². The highest BCUT2D eigenvalue weighted by molar-refractivity contribution is 5.74. The van der Waals surface area contributed by atoms with Gasteiger partial charge in [0.05, 0.1) is 12.5 Å².